The maximum absolute atomic E-state index is 12.2. The minimum absolute atomic E-state index is 0. The zero-order valence-electron chi connectivity index (χ0n) is 32.5. The number of fused-ring (bicyclic) bond motifs is 2. The topological polar surface area (TPSA) is 63.1 Å². The molecule has 0 fully saturated rings. The number of carbonyl (C=O) groups excluding carboxylic acids is 1. The monoisotopic (exact) mass is 882 g/mol. The number of aliphatic hydroxyl groups excluding tert-OH is 1. The molecule has 0 unspecified atom stereocenters. The number of nitrogens with zero attached hydrogens (tertiary/aromatic N) is 2. The minimum Gasteiger partial charge on any atom is -0.512 e. The first-order chi connectivity index (χ1) is 23.6. The van der Waals surface area contributed by atoms with E-state index in [0.29, 0.717) is 5.92 Å². The van der Waals surface area contributed by atoms with Gasteiger partial charge in [0, 0.05) is 75.8 Å². The molecule has 0 atom stereocenters. The van der Waals surface area contributed by atoms with Gasteiger partial charge >= 0.3 is 0 Å². The number of rotatable bonds is 11. The molecule has 4 nitrogen and oxygen atoms in total. The summed E-state index contributed by atoms with van der Waals surface area (Å²) < 4.78 is 1.29. The van der Waals surface area contributed by atoms with Gasteiger partial charge in [-0.05, 0) is 67.2 Å². The maximum atomic E-state index is 12.2. The van der Waals surface area contributed by atoms with E-state index < -0.39 is 0 Å². The summed E-state index contributed by atoms with van der Waals surface area (Å²) in [5, 5.41) is 13.7. The quantitative estimate of drug-likeness (QED) is 0.0815. The molecule has 6 heteroatoms. The van der Waals surface area contributed by atoms with Gasteiger partial charge in [0.2, 0.25) is 0 Å². The summed E-state index contributed by atoms with van der Waals surface area (Å²) in [4.78, 5) is 22.8. The number of aliphatic hydroxyl groups is 1. The van der Waals surface area contributed by atoms with Crippen molar-refractivity contribution < 1.29 is 30.0 Å². The number of aromatic nitrogens is 2. The molecule has 5 rings (SSSR count). The van der Waals surface area contributed by atoms with Crippen molar-refractivity contribution in [1.29, 1.82) is 0 Å². The Morgan fingerprint density at radius 2 is 1.53 bits per heavy atom. The summed E-state index contributed by atoms with van der Waals surface area (Å²) >= 11 is 1.83. The van der Waals surface area contributed by atoms with Crippen LogP contribution in [0.5, 0.6) is 0 Å². The van der Waals surface area contributed by atoms with Crippen LogP contribution >= 0.6 is 11.3 Å². The third-order valence-electron chi connectivity index (χ3n) is 10.6. The Balaban J connectivity index is 0.000000335. The third kappa shape index (κ3) is 10.0. The molecule has 0 saturated carbocycles. The molecule has 0 bridgehead atoms. The fraction of sp³-hybridized carbons (Fsp3) is 0.444. The Hall–Kier alpha value is -3.18. The summed E-state index contributed by atoms with van der Waals surface area (Å²) in [5.74, 6) is 0.891. The number of thiophene rings is 1. The summed E-state index contributed by atoms with van der Waals surface area (Å²) in [7, 11) is 0. The zero-order valence-corrected chi connectivity index (χ0v) is 35.7. The van der Waals surface area contributed by atoms with Crippen LogP contribution in [0.15, 0.2) is 78.8 Å². The molecule has 275 valence electrons. The molecule has 1 N–H and O–H groups in total. The molecule has 3 heterocycles. The second-order valence-electron chi connectivity index (χ2n) is 15.7. The van der Waals surface area contributed by atoms with Crippen LogP contribution in [0.4, 0.5) is 0 Å². The van der Waals surface area contributed by atoms with Gasteiger partial charge in [-0.15, -0.1) is 40.5 Å². The number of hydrogen-bond donors (Lipinski definition) is 1. The largest absolute Gasteiger partial charge is 0.512 e. The van der Waals surface area contributed by atoms with Crippen molar-refractivity contribution >= 4 is 38.0 Å². The second-order valence-corrected chi connectivity index (χ2v) is 16.8. The Kier molecular flexibility index (Phi) is 14.5. The summed E-state index contributed by atoms with van der Waals surface area (Å²) in [6, 6.07) is 23.2. The van der Waals surface area contributed by atoms with E-state index in [2.05, 4.69) is 100 Å². The molecular weight excluding hydrogens is 825 g/mol. The number of allylic oxidation sites excluding steroid dienone is 2. The van der Waals surface area contributed by atoms with E-state index in [1.165, 1.54) is 43.2 Å². The molecule has 5 aromatic rings. The molecule has 2 aromatic carbocycles. The maximum Gasteiger partial charge on any atom is 0.164 e. The first-order valence-electron chi connectivity index (χ1n) is 18.3. The van der Waals surface area contributed by atoms with Gasteiger partial charge in [-0.25, -0.2) is 0 Å². The standard InChI is InChI=1S/C30H29N2S.C15H28O2.Ir/c1-19(2)12-24-17-29-23(18-32-24)16-28(33-29)21-10-11-31-27(15-21)22-13-20-8-6-7-9-25(20)26(14-22)30(3,4)5;1-7-14(5,8-2)12(16)11-13(17)15(6,9-3)10-4;/h6-11,14-19H,12H2,1-5H3;11,16H,7-10H2,1-6H3;/q-1;;/b;12-11-;. The molecule has 0 saturated heterocycles. The molecule has 51 heavy (non-hydrogen) atoms. The van der Waals surface area contributed by atoms with Crippen molar-refractivity contribution in [2.75, 3.05) is 0 Å². The first-order valence-corrected chi connectivity index (χ1v) is 19.2. The van der Waals surface area contributed by atoms with Crippen LogP contribution in [0.25, 0.3) is 42.6 Å². The molecule has 0 aliphatic rings. The fourth-order valence-electron chi connectivity index (χ4n) is 6.05. The summed E-state index contributed by atoms with van der Waals surface area (Å²) in [6.07, 6.45) is 9.69. The predicted molar refractivity (Wildman–Crippen MR) is 215 cm³/mol. The Morgan fingerprint density at radius 3 is 2.14 bits per heavy atom. The van der Waals surface area contributed by atoms with Crippen LogP contribution in [-0.4, -0.2) is 20.9 Å². The van der Waals surface area contributed by atoms with Gasteiger partial charge < -0.3 is 5.11 Å². The van der Waals surface area contributed by atoms with Gasteiger partial charge in [-0.3, -0.25) is 14.8 Å². The van der Waals surface area contributed by atoms with Gasteiger partial charge in [0.1, 0.15) is 5.76 Å². The number of ketones is 1. The van der Waals surface area contributed by atoms with E-state index in [1.807, 2.05) is 65.3 Å². The fourth-order valence-corrected chi connectivity index (χ4v) is 7.14. The normalized spacial score (nSPS) is 12.5. The molecule has 0 amide bonds. The average molecular weight is 882 g/mol. The first kappa shape index (κ1) is 42.2. The molecule has 0 aliphatic heterocycles. The number of hydrogen-bond acceptors (Lipinski definition) is 5. The van der Waals surface area contributed by atoms with E-state index in [-0.39, 0.29) is 47.9 Å². The number of carbonyl (C=O) groups is 1. The smallest absolute Gasteiger partial charge is 0.164 e. The van der Waals surface area contributed by atoms with Crippen molar-refractivity contribution in [3.8, 4) is 21.7 Å². The molecule has 3 aromatic heterocycles. The molecule has 0 spiro atoms. The van der Waals surface area contributed by atoms with E-state index in [9.17, 15) is 9.90 Å². The zero-order chi connectivity index (χ0) is 36.9. The summed E-state index contributed by atoms with van der Waals surface area (Å²) in [6.45, 7) is 23.3. The Labute approximate surface area is 324 Å². The van der Waals surface area contributed by atoms with E-state index >= 15 is 0 Å². The van der Waals surface area contributed by atoms with Gasteiger partial charge in [0.15, 0.2) is 5.78 Å². The SMILES string of the molecule is CC(C)Cc1cc2sc(-c3ccnc(-c4[c-]c5ccccc5c(C(C)(C)C)c4)c3)cc2cn1.CCC(C)(CC)C(=O)/C=C(\O)C(C)(CC)CC.[Ir]. The van der Waals surface area contributed by atoms with Crippen LogP contribution in [0.1, 0.15) is 113 Å². The van der Waals surface area contributed by atoms with Crippen LogP contribution in [-0.2, 0) is 36.7 Å². The third-order valence-corrected chi connectivity index (χ3v) is 11.7. The van der Waals surface area contributed by atoms with Crippen LogP contribution in [0.3, 0.4) is 0 Å². The number of benzene rings is 2. The minimum atomic E-state index is -0.337. The number of pyridine rings is 2. The van der Waals surface area contributed by atoms with Crippen molar-refractivity contribution in [2.24, 2.45) is 16.7 Å². The van der Waals surface area contributed by atoms with Gasteiger partial charge in [-0.2, -0.15) is 0 Å². The van der Waals surface area contributed by atoms with Crippen LogP contribution in [0, 0.1) is 22.8 Å². The molecule has 1 radical (unpaired) electrons. The van der Waals surface area contributed by atoms with E-state index in [4.69, 9.17) is 4.98 Å². The van der Waals surface area contributed by atoms with Crippen molar-refractivity contribution in [3.63, 3.8) is 0 Å². The summed E-state index contributed by atoms with van der Waals surface area (Å²) in [5.41, 5.74) is 5.11. The van der Waals surface area contributed by atoms with Gasteiger partial charge in [-0.1, -0.05) is 111 Å². The van der Waals surface area contributed by atoms with Crippen LogP contribution < -0.4 is 0 Å². The molecular formula is C45H57IrN2O2S-. The van der Waals surface area contributed by atoms with Gasteiger partial charge in [0.25, 0.3) is 0 Å². The van der Waals surface area contributed by atoms with Crippen LogP contribution in [0.2, 0.25) is 0 Å². The second kappa shape index (κ2) is 17.6. The van der Waals surface area contributed by atoms with E-state index in [0.717, 1.165) is 48.7 Å². The average Bonchev–Trinajstić information content (AvgIpc) is 3.53. The Bertz CT molecular complexity index is 1960. The van der Waals surface area contributed by atoms with Crippen molar-refractivity contribution in [2.45, 2.75) is 114 Å². The predicted octanol–water partition coefficient (Wildman–Crippen LogP) is 13.1. The van der Waals surface area contributed by atoms with Crippen molar-refractivity contribution in [1.82, 2.24) is 9.97 Å². The molecule has 0 aliphatic carbocycles. The Morgan fingerprint density at radius 1 is 0.882 bits per heavy atom. The van der Waals surface area contributed by atoms with E-state index in [1.54, 1.807) is 0 Å². The van der Waals surface area contributed by atoms with Crippen molar-refractivity contribution in [3.05, 3.63) is 96.1 Å². The van der Waals surface area contributed by atoms with Gasteiger partial charge in [0.05, 0.1) is 0 Å².